The lowest BCUT2D eigenvalue weighted by Gasteiger charge is -2.14. The van der Waals surface area contributed by atoms with E-state index in [4.69, 9.17) is 4.74 Å². The van der Waals surface area contributed by atoms with Crippen LogP contribution in [0.2, 0.25) is 0 Å². The molecule has 22 heavy (non-hydrogen) atoms. The van der Waals surface area contributed by atoms with E-state index in [1.807, 2.05) is 11.6 Å². The first-order chi connectivity index (χ1) is 10.4. The fourth-order valence-electron chi connectivity index (χ4n) is 1.87. The van der Waals surface area contributed by atoms with Gasteiger partial charge in [-0.15, -0.1) is 0 Å². The maximum atomic E-state index is 12.0. The second kappa shape index (κ2) is 8.58. The van der Waals surface area contributed by atoms with Crippen molar-refractivity contribution in [3.63, 3.8) is 0 Å². The second-order valence-electron chi connectivity index (χ2n) is 5.09. The van der Waals surface area contributed by atoms with Gasteiger partial charge >= 0.3 is 6.09 Å². The Morgan fingerprint density at radius 2 is 1.95 bits per heavy atom. The largest absolute Gasteiger partial charge is 0.441 e. The Morgan fingerprint density at radius 3 is 2.50 bits per heavy atom. The van der Waals surface area contributed by atoms with Gasteiger partial charge in [0.1, 0.15) is 6.10 Å². The number of benzene rings is 1. The summed E-state index contributed by atoms with van der Waals surface area (Å²) in [5.74, 6) is 0. The molecule has 0 aliphatic carbocycles. The summed E-state index contributed by atoms with van der Waals surface area (Å²) in [4.78, 5) is 11.8. The van der Waals surface area contributed by atoms with Crippen LogP contribution in [0.1, 0.15) is 38.2 Å². The van der Waals surface area contributed by atoms with Crippen LogP contribution in [0.4, 0.5) is 4.79 Å². The van der Waals surface area contributed by atoms with E-state index in [2.05, 4.69) is 13.5 Å². The molecule has 0 aliphatic heterocycles. The molecule has 0 saturated heterocycles. The summed E-state index contributed by atoms with van der Waals surface area (Å²) >= 11 is 0. The van der Waals surface area contributed by atoms with Gasteiger partial charge in [0.25, 0.3) is 10.0 Å². The lowest BCUT2D eigenvalue weighted by Crippen LogP contribution is -2.33. The van der Waals surface area contributed by atoms with Crippen molar-refractivity contribution in [2.75, 3.05) is 0 Å². The van der Waals surface area contributed by atoms with Crippen molar-refractivity contribution < 1.29 is 17.9 Å². The lowest BCUT2D eigenvalue weighted by atomic mass is 10.1. The van der Waals surface area contributed by atoms with Gasteiger partial charge in [-0.3, -0.25) is 0 Å². The molecular weight excluding hydrogens is 302 g/mol. The van der Waals surface area contributed by atoms with Gasteiger partial charge < -0.3 is 4.74 Å². The van der Waals surface area contributed by atoms with E-state index in [1.54, 1.807) is 12.1 Å². The molecule has 1 atom stereocenters. The average Bonchev–Trinajstić information content (AvgIpc) is 2.46. The highest BCUT2D eigenvalue weighted by Crippen LogP contribution is 2.12. The van der Waals surface area contributed by atoms with E-state index in [1.165, 1.54) is 18.2 Å². The highest BCUT2D eigenvalue weighted by atomic mass is 32.2. The first-order valence-electron chi connectivity index (χ1n) is 7.31. The SMILES string of the molecule is C=CC(CCCCC)OC(=O)NS(=O)(=O)c1ccc(C)cc1. The van der Waals surface area contributed by atoms with Crippen LogP contribution in [-0.4, -0.2) is 20.6 Å². The molecule has 1 N–H and O–H groups in total. The van der Waals surface area contributed by atoms with Gasteiger partial charge in [-0.25, -0.2) is 17.9 Å². The minimum atomic E-state index is -3.91. The van der Waals surface area contributed by atoms with E-state index >= 15 is 0 Å². The molecule has 1 aromatic carbocycles. The zero-order valence-electron chi connectivity index (χ0n) is 13.0. The molecule has 6 heteroatoms. The van der Waals surface area contributed by atoms with Gasteiger partial charge in [0.15, 0.2) is 0 Å². The Bertz CT molecular complexity index is 593. The fraction of sp³-hybridized carbons (Fsp3) is 0.438. The second-order valence-corrected chi connectivity index (χ2v) is 6.78. The molecule has 5 nitrogen and oxygen atoms in total. The normalized spacial score (nSPS) is 12.5. The first-order valence-corrected chi connectivity index (χ1v) is 8.80. The minimum Gasteiger partial charge on any atom is -0.441 e. The number of hydrogen-bond acceptors (Lipinski definition) is 4. The van der Waals surface area contributed by atoms with E-state index in [9.17, 15) is 13.2 Å². The van der Waals surface area contributed by atoms with Gasteiger partial charge in [-0.1, -0.05) is 50.1 Å². The molecule has 1 rings (SSSR count). The van der Waals surface area contributed by atoms with Crippen molar-refractivity contribution in [3.05, 3.63) is 42.5 Å². The Labute approximate surface area is 132 Å². The standard InChI is InChI=1S/C16H23NO4S/c1-4-6-7-8-14(5-2)21-16(18)17-22(19,20)15-11-9-13(3)10-12-15/h5,9-12,14H,2,4,6-8H2,1,3H3,(H,17,18). The maximum absolute atomic E-state index is 12.0. The summed E-state index contributed by atoms with van der Waals surface area (Å²) < 4.78 is 31.1. The molecule has 0 heterocycles. The van der Waals surface area contributed by atoms with Crippen molar-refractivity contribution in [2.24, 2.45) is 0 Å². The van der Waals surface area contributed by atoms with E-state index in [0.717, 1.165) is 24.8 Å². The third-order valence-electron chi connectivity index (χ3n) is 3.16. The third-order valence-corrected chi connectivity index (χ3v) is 4.49. The number of ether oxygens (including phenoxy) is 1. The number of rotatable bonds is 8. The van der Waals surface area contributed by atoms with Crippen molar-refractivity contribution in [2.45, 2.75) is 50.5 Å². The summed E-state index contributed by atoms with van der Waals surface area (Å²) in [5, 5.41) is 0. The average molecular weight is 325 g/mol. The summed E-state index contributed by atoms with van der Waals surface area (Å²) in [6, 6.07) is 6.21. The van der Waals surface area contributed by atoms with Crippen LogP contribution in [0.15, 0.2) is 41.8 Å². The number of unbranched alkanes of at least 4 members (excludes halogenated alkanes) is 2. The maximum Gasteiger partial charge on any atom is 0.421 e. The molecule has 1 amide bonds. The Kier molecular flexibility index (Phi) is 7.11. The van der Waals surface area contributed by atoms with Crippen LogP contribution in [0.25, 0.3) is 0 Å². The Morgan fingerprint density at radius 1 is 1.32 bits per heavy atom. The van der Waals surface area contributed by atoms with Crippen molar-refractivity contribution in [1.29, 1.82) is 0 Å². The first kappa shape index (κ1) is 18.2. The summed E-state index contributed by atoms with van der Waals surface area (Å²) in [6.45, 7) is 7.53. The van der Waals surface area contributed by atoms with Crippen LogP contribution in [0, 0.1) is 6.92 Å². The van der Waals surface area contributed by atoms with Gasteiger partial charge in [0, 0.05) is 0 Å². The molecule has 0 saturated carbocycles. The minimum absolute atomic E-state index is 0.0242. The number of amides is 1. The third kappa shape index (κ3) is 5.89. The lowest BCUT2D eigenvalue weighted by molar-refractivity contribution is 0.120. The number of aryl methyl sites for hydroxylation is 1. The Balaban J connectivity index is 2.62. The highest BCUT2D eigenvalue weighted by Gasteiger charge is 2.20. The zero-order valence-corrected chi connectivity index (χ0v) is 13.9. The van der Waals surface area contributed by atoms with Gasteiger partial charge in [-0.05, 0) is 31.9 Å². The number of hydrogen-bond donors (Lipinski definition) is 1. The molecule has 122 valence electrons. The van der Waals surface area contributed by atoms with Crippen molar-refractivity contribution in [3.8, 4) is 0 Å². The molecule has 0 fully saturated rings. The van der Waals surface area contributed by atoms with Gasteiger partial charge in [-0.2, -0.15) is 0 Å². The topological polar surface area (TPSA) is 72.5 Å². The summed E-state index contributed by atoms with van der Waals surface area (Å²) in [6.07, 6.45) is 3.64. The van der Waals surface area contributed by atoms with Crippen molar-refractivity contribution in [1.82, 2.24) is 4.72 Å². The molecular formula is C16H23NO4S. The van der Waals surface area contributed by atoms with Crippen LogP contribution in [0.5, 0.6) is 0 Å². The van der Waals surface area contributed by atoms with Crippen LogP contribution in [-0.2, 0) is 14.8 Å². The fourth-order valence-corrected chi connectivity index (χ4v) is 2.75. The van der Waals surface area contributed by atoms with E-state index < -0.39 is 22.2 Å². The smallest absolute Gasteiger partial charge is 0.421 e. The summed E-state index contributed by atoms with van der Waals surface area (Å²) in [5.41, 5.74) is 0.934. The summed E-state index contributed by atoms with van der Waals surface area (Å²) in [7, 11) is -3.91. The zero-order chi connectivity index (χ0) is 16.6. The quantitative estimate of drug-likeness (QED) is 0.586. The molecule has 1 aromatic rings. The number of carbonyl (C=O) groups is 1. The Hall–Kier alpha value is -1.82. The van der Waals surface area contributed by atoms with Crippen LogP contribution in [0.3, 0.4) is 0 Å². The molecule has 1 unspecified atom stereocenters. The van der Waals surface area contributed by atoms with Crippen molar-refractivity contribution >= 4 is 16.1 Å². The predicted octanol–water partition coefficient (Wildman–Crippen LogP) is 3.54. The van der Waals surface area contributed by atoms with E-state index in [-0.39, 0.29) is 4.90 Å². The van der Waals surface area contributed by atoms with Gasteiger partial charge in [0.2, 0.25) is 0 Å². The van der Waals surface area contributed by atoms with Crippen LogP contribution < -0.4 is 4.72 Å². The van der Waals surface area contributed by atoms with E-state index in [0.29, 0.717) is 6.42 Å². The highest BCUT2D eigenvalue weighted by molar-refractivity contribution is 7.90. The molecule has 0 radical (unpaired) electrons. The number of nitrogens with one attached hydrogen (secondary N) is 1. The molecule has 0 bridgehead atoms. The molecule has 0 aliphatic rings. The predicted molar refractivity (Wildman–Crippen MR) is 86.1 cm³/mol. The molecule has 0 spiro atoms. The monoisotopic (exact) mass is 325 g/mol. The van der Waals surface area contributed by atoms with Gasteiger partial charge in [0.05, 0.1) is 4.90 Å². The number of carbonyl (C=O) groups excluding carboxylic acids is 1. The number of sulfonamides is 1. The van der Waals surface area contributed by atoms with Crippen LogP contribution >= 0.6 is 0 Å². The molecule has 0 aromatic heterocycles.